The maximum Gasteiger partial charge on any atom is 0.408 e. The standard InChI is InChI=1S/C32H45N3O6/c1-20-16-21(2)18-24(17-20)26(35(10)28(37)22(3)33-30(39)41-32(7,8)9)27(36)34-25(29(38)40-31(4,5)6)19-23-14-12-11-13-15-23/h11-18,22,25-26H,19H2,1-10H3,(H,33,39)(H,34,36). The average molecular weight is 568 g/mol. The number of nitrogens with one attached hydrogen (secondary N) is 2. The normalized spacial score (nSPS) is 13.8. The molecule has 224 valence electrons. The van der Waals surface area contributed by atoms with Crippen molar-refractivity contribution in [2.24, 2.45) is 0 Å². The molecule has 3 atom stereocenters. The van der Waals surface area contributed by atoms with Crippen molar-refractivity contribution in [1.82, 2.24) is 15.5 Å². The number of carbonyl (C=O) groups is 4. The van der Waals surface area contributed by atoms with Gasteiger partial charge in [0.05, 0.1) is 0 Å². The first-order chi connectivity index (χ1) is 18.9. The van der Waals surface area contributed by atoms with Crippen LogP contribution in [0.25, 0.3) is 0 Å². The number of nitrogens with zero attached hydrogens (tertiary/aromatic N) is 1. The minimum absolute atomic E-state index is 0.204. The molecule has 2 N–H and O–H groups in total. The van der Waals surface area contributed by atoms with Crippen LogP contribution in [0.5, 0.6) is 0 Å². The lowest BCUT2D eigenvalue weighted by Crippen LogP contribution is -2.53. The van der Waals surface area contributed by atoms with Gasteiger partial charge in [-0.15, -0.1) is 0 Å². The molecule has 0 saturated carbocycles. The lowest BCUT2D eigenvalue weighted by Gasteiger charge is -2.32. The van der Waals surface area contributed by atoms with Crippen LogP contribution in [0.3, 0.4) is 0 Å². The van der Waals surface area contributed by atoms with Gasteiger partial charge in [-0.3, -0.25) is 9.59 Å². The van der Waals surface area contributed by atoms with Gasteiger partial charge in [0.2, 0.25) is 11.8 Å². The summed E-state index contributed by atoms with van der Waals surface area (Å²) in [5.41, 5.74) is 1.72. The van der Waals surface area contributed by atoms with Crippen LogP contribution < -0.4 is 10.6 Å². The second kappa shape index (κ2) is 13.7. The Morgan fingerprint density at radius 3 is 1.88 bits per heavy atom. The summed E-state index contributed by atoms with van der Waals surface area (Å²) in [5.74, 6) is -1.64. The van der Waals surface area contributed by atoms with Gasteiger partial charge in [-0.2, -0.15) is 0 Å². The van der Waals surface area contributed by atoms with Crippen LogP contribution in [-0.4, -0.2) is 59.1 Å². The Morgan fingerprint density at radius 1 is 0.829 bits per heavy atom. The fourth-order valence-corrected chi connectivity index (χ4v) is 4.36. The fourth-order valence-electron chi connectivity index (χ4n) is 4.36. The average Bonchev–Trinajstić information content (AvgIpc) is 2.80. The Hall–Kier alpha value is -3.88. The molecule has 2 aromatic rings. The van der Waals surface area contributed by atoms with Crippen LogP contribution in [0.15, 0.2) is 48.5 Å². The van der Waals surface area contributed by atoms with E-state index >= 15 is 0 Å². The second-order valence-corrected chi connectivity index (χ2v) is 12.4. The topological polar surface area (TPSA) is 114 Å². The van der Waals surface area contributed by atoms with Crippen LogP contribution in [0.2, 0.25) is 0 Å². The molecule has 0 heterocycles. The van der Waals surface area contributed by atoms with E-state index in [1.807, 2.05) is 62.4 Å². The van der Waals surface area contributed by atoms with E-state index in [0.717, 1.165) is 16.7 Å². The zero-order chi connectivity index (χ0) is 31.1. The quantitative estimate of drug-likeness (QED) is 0.422. The van der Waals surface area contributed by atoms with Crippen molar-refractivity contribution < 1.29 is 28.7 Å². The molecule has 0 bridgehead atoms. The van der Waals surface area contributed by atoms with Crippen molar-refractivity contribution in [3.05, 3.63) is 70.8 Å². The third-order valence-corrected chi connectivity index (χ3v) is 5.94. The van der Waals surface area contributed by atoms with Gasteiger partial charge in [-0.05, 0) is 73.4 Å². The highest BCUT2D eigenvalue weighted by molar-refractivity contribution is 5.93. The van der Waals surface area contributed by atoms with Gasteiger partial charge in [0.1, 0.15) is 29.3 Å². The number of amides is 3. The third kappa shape index (κ3) is 10.9. The van der Waals surface area contributed by atoms with E-state index in [1.165, 1.54) is 18.9 Å². The molecule has 0 aliphatic heterocycles. The molecule has 0 radical (unpaired) electrons. The van der Waals surface area contributed by atoms with E-state index in [0.29, 0.717) is 5.56 Å². The van der Waals surface area contributed by atoms with Crippen LogP contribution >= 0.6 is 0 Å². The van der Waals surface area contributed by atoms with Crippen LogP contribution in [0.4, 0.5) is 4.79 Å². The fraction of sp³-hybridized carbons (Fsp3) is 0.500. The Balaban J connectivity index is 2.43. The van der Waals surface area contributed by atoms with Gasteiger partial charge < -0.3 is 25.0 Å². The predicted molar refractivity (Wildman–Crippen MR) is 158 cm³/mol. The highest BCUT2D eigenvalue weighted by Gasteiger charge is 2.35. The van der Waals surface area contributed by atoms with Gasteiger partial charge >= 0.3 is 12.1 Å². The molecule has 0 spiro atoms. The SMILES string of the molecule is Cc1cc(C)cc(C(C(=O)NC(Cc2ccccc2)C(=O)OC(C)(C)C)N(C)C(=O)C(C)NC(=O)OC(C)(C)C)c1. The number of hydrogen-bond acceptors (Lipinski definition) is 6. The largest absolute Gasteiger partial charge is 0.458 e. The van der Waals surface area contributed by atoms with E-state index in [2.05, 4.69) is 10.6 Å². The van der Waals surface area contributed by atoms with Gasteiger partial charge in [0.15, 0.2) is 0 Å². The smallest absolute Gasteiger partial charge is 0.408 e. The summed E-state index contributed by atoms with van der Waals surface area (Å²) in [6.45, 7) is 15.8. The van der Waals surface area contributed by atoms with Crippen LogP contribution in [-0.2, 0) is 30.3 Å². The number of carbonyl (C=O) groups excluding carboxylic acids is 4. The van der Waals surface area contributed by atoms with E-state index in [-0.39, 0.29) is 6.42 Å². The number of likely N-dealkylation sites (N-methyl/N-ethyl adjacent to an activating group) is 1. The summed E-state index contributed by atoms with van der Waals surface area (Å²) < 4.78 is 10.9. The molecule has 9 nitrogen and oxygen atoms in total. The number of benzene rings is 2. The molecule has 3 amide bonds. The molecule has 0 aromatic heterocycles. The van der Waals surface area contributed by atoms with Crippen molar-refractivity contribution in [3.63, 3.8) is 0 Å². The number of ether oxygens (including phenoxy) is 2. The van der Waals surface area contributed by atoms with Crippen LogP contribution in [0, 0.1) is 13.8 Å². The molecule has 3 unspecified atom stereocenters. The Labute approximate surface area is 244 Å². The molecule has 2 aromatic carbocycles. The monoisotopic (exact) mass is 567 g/mol. The van der Waals surface area contributed by atoms with E-state index in [9.17, 15) is 19.2 Å². The van der Waals surface area contributed by atoms with Gasteiger partial charge in [0, 0.05) is 13.5 Å². The Morgan fingerprint density at radius 2 is 1.37 bits per heavy atom. The lowest BCUT2D eigenvalue weighted by atomic mass is 9.98. The zero-order valence-corrected chi connectivity index (χ0v) is 26.0. The maximum atomic E-state index is 14.0. The minimum atomic E-state index is -1.09. The van der Waals surface area contributed by atoms with Crippen molar-refractivity contribution in [2.45, 2.75) is 98.1 Å². The molecule has 2 rings (SSSR count). The summed E-state index contributed by atoms with van der Waals surface area (Å²) in [6.07, 6.45) is -0.540. The maximum absolute atomic E-state index is 14.0. The molecule has 41 heavy (non-hydrogen) atoms. The predicted octanol–water partition coefficient (Wildman–Crippen LogP) is 4.79. The van der Waals surface area contributed by atoms with Crippen molar-refractivity contribution in [2.75, 3.05) is 7.05 Å². The molecule has 0 saturated heterocycles. The first-order valence-electron chi connectivity index (χ1n) is 13.8. The second-order valence-electron chi connectivity index (χ2n) is 12.4. The van der Waals surface area contributed by atoms with E-state index < -0.39 is 53.2 Å². The van der Waals surface area contributed by atoms with E-state index in [4.69, 9.17) is 9.47 Å². The van der Waals surface area contributed by atoms with Crippen LogP contribution in [0.1, 0.15) is 76.8 Å². The van der Waals surface area contributed by atoms with Gasteiger partial charge in [0.25, 0.3) is 0 Å². The number of aryl methyl sites for hydroxylation is 2. The molecule has 0 aliphatic carbocycles. The Bertz CT molecular complexity index is 1210. The van der Waals surface area contributed by atoms with Crippen molar-refractivity contribution >= 4 is 23.9 Å². The summed E-state index contributed by atoms with van der Waals surface area (Å²) >= 11 is 0. The first-order valence-corrected chi connectivity index (χ1v) is 13.8. The minimum Gasteiger partial charge on any atom is -0.458 e. The highest BCUT2D eigenvalue weighted by Crippen LogP contribution is 2.24. The van der Waals surface area contributed by atoms with E-state index in [1.54, 1.807) is 41.5 Å². The first kappa shape index (κ1) is 33.3. The molecular formula is C32H45N3O6. The molecule has 0 fully saturated rings. The van der Waals surface area contributed by atoms with Gasteiger partial charge in [-0.1, -0.05) is 59.7 Å². The lowest BCUT2D eigenvalue weighted by molar-refractivity contribution is -0.159. The van der Waals surface area contributed by atoms with Crippen molar-refractivity contribution in [1.29, 1.82) is 0 Å². The number of rotatable bonds is 9. The molecule has 9 heteroatoms. The molecule has 0 aliphatic rings. The number of esters is 1. The summed E-state index contributed by atoms with van der Waals surface area (Å²) in [6, 6.07) is 11.8. The van der Waals surface area contributed by atoms with Gasteiger partial charge in [-0.25, -0.2) is 9.59 Å². The Kier molecular flexibility index (Phi) is 11.1. The zero-order valence-electron chi connectivity index (χ0n) is 26.0. The number of alkyl carbamates (subject to hydrolysis) is 1. The third-order valence-electron chi connectivity index (χ3n) is 5.94. The molecular weight excluding hydrogens is 522 g/mol. The summed E-state index contributed by atoms with van der Waals surface area (Å²) in [4.78, 5) is 54.4. The number of hydrogen-bond donors (Lipinski definition) is 2. The van der Waals surface area contributed by atoms with Crippen molar-refractivity contribution in [3.8, 4) is 0 Å². The summed E-state index contributed by atoms with van der Waals surface area (Å²) in [7, 11) is 1.50. The highest BCUT2D eigenvalue weighted by atomic mass is 16.6. The summed E-state index contributed by atoms with van der Waals surface area (Å²) in [5, 5.41) is 5.40.